The predicted molar refractivity (Wildman–Crippen MR) is 85.9 cm³/mol. The minimum atomic E-state index is 0.0891. The van der Waals surface area contributed by atoms with E-state index in [1.54, 1.807) is 11.1 Å². The number of rotatable bonds is 3. The smallest absolute Gasteiger partial charge is 0.134 e. The molecule has 1 saturated heterocycles. The number of furan rings is 1. The molecule has 1 aromatic heterocycles. The molecule has 1 aliphatic carbocycles. The van der Waals surface area contributed by atoms with Gasteiger partial charge in [-0.3, -0.25) is 4.90 Å². The van der Waals surface area contributed by atoms with Crippen molar-refractivity contribution < 1.29 is 9.15 Å². The number of aryl methyl sites for hydroxylation is 1. The summed E-state index contributed by atoms with van der Waals surface area (Å²) >= 11 is 0. The molecule has 22 heavy (non-hydrogen) atoms. The highest BCUT2D eigenvalue weighted by molar-refractivity contribution is 5.32. The third-order valence-electron chi connectivity index (χ3n) is 4.88. The third-order valence-corrected chi connectivity index (χ3v) is 4.88. The van der Waals surface area contributed by atoms with E-state index in [1.165, 1.54) is 12.8 Å². The highest BCUT2D eigenvalue weighted by Gasteiger charge is 2.28. The summed E-state index contributed by atoms with van der Waals surface area (Å²) in [6, 6.07) is 12.9. The number of nitrogens with zero attached hydrogens (tertiary/aromatic N) is 1. The Morgan fingerprint density at radius 3 is 2.55 bits per heavy atom. The van der Waals surface area contributed by atoms with Crippen molar-refractivity contribution in [2.24, 2.45) is 5.92 Å². The maximum atomic E-state index is 5.90. The lowest BCUT2D eigenvalue weighted by atomic mass is 10.0. The van der Waals surface area contributed by atoms with Gasteiger partial charge in [0.2, 0.25) is 0 Å². The molecule has 0 amide bonds. The van der Waals surface area contributed by atoms with Crippen LogP contribution in [0.3, 0.4) is 0 Å². The molecule has 1 aromatic carbocycles. The van der Waals surface area contributed by atoms with Crippen molar-refractivity contribution in [3.63, 3.8) is 0 Å². The largest absolute Gasteiger partial charge is 0.464 e. The quantitative estimate of drug-likeness (QED) is 0.868. The molecule has 0 unspecified atom stereocenters. The van der Waals surface area contributed by atoms with Crippen LogP contribution in [0.5, 0.6) is 0 Å². The first-order valence-electron chi connectivity index (χ1n) is 8.25. The van der Waals surface area contributed by atoms with E-state index < -0.39 is 0 Å². The van der Waals surface area contributed by atoms with Crippen molar-refractivity contribution in [2.75, 3.05) is 26.2 Å². The van der Waals surface area contributed by atoms with E-state index in [4.69, 9.17) is 9.15 Å². The lowest BCUT2D eigenvalue weighted by Crippen LogP contribution is -2.41. The van der Waals surface area contributed by atoms with Crippen molar-refractivity contribution in [3.05, 3.63) is 59.0 Å². The molecule has 0 bridgehead atoms. The zero-order valence-corrected chi connectivity index (χ0v) is 13.1. The third kappa shape index (κ3) is 2.83. The van der Waals surface area contributed by atoms with Gasteiger partial charge < -0.3 is 9.15 Å². The summed E-state index contributed by atoms with van der Waals surface area (Å²) in [5, 5.41) is 0. The van der Waals surface area contributed by atoms with E-state index in [9.17, 15) is 0 Å². The monoisotopic (exact) mass is 297 g/mol. The zero-order valence-electron chi connectivity index (χ0n) is 13.1. The van der Waals surface area contributed by atoms with Crippen LogP contribution in [-0.4, -0.2) is 31.1 Å². The zero-order chi connectivity index (χ0) is 14.9. The van der Waals surface area contributed by atoms with E-state index in [1.807, 2.05) is 13.0 Å². The van der Waals surface area contributed by atoms with Gasteiger partial charge in [0.1, 0.15) is 17.6 Å². The second kappa shape index (κ2) is 5.90. The second-order valence-corrected chi connectivity index (χ2v) is 6.61. The van der Waals surface area contributed by atoms with Gasteiger partial charge >= 0.3 is 0 Å². The van der Waals surface area contributed by atoms with Crippen LogP contribution in [0.2, 0.25) is 0 Å². The Morgan fingerprint density at radius 2 is 1.86 bits per heavy atom. The summed E-state index contributed by atoms with van der Waals surface area (Å²) in [6.45, 7) is 5.92. The number of hydrogen-bond donors (Lipinski definition) is 0. The molecule has 0 radical (unpaired) electrons. The van der Waals surface area contributed by atoms with E-state index in [0.717, 1.165) is 43.7 Å². The molecule has 3 nitrogen and oxygen atoms in total. The maximum Gasteiger partial charge on any atom is 0.134 e. The Balaban J connectivity index is 1.38. The molecule has 2 heterocycles. The first-order chi connectivity index (χ1) is 10.8. The Kier molecular flexibility index (Phi) is 3.77. The van der Waals surface area contributed by atoms with Crippen molar-refractivity contribution >= 4 is 0 Å². The molecule has 0 N–H and O–H groups in total. The van der Waals surface area contributed by atoms with E-state index in [2.05, 4.69) is 35.2 Å². The molecule has 1 fully saturated rings. The summed E-state index contributed by atoms with van der Waals surface area (Å²) in [5.74, 6) is 2.67. The molecule has 2 aromatic rings. The summed E-state index contributed by atoms with van der Waals surface area (Å²) in [7, 11) is 0. The highest BCUT2D eigenvalue weighted by Crippen LogP contribution is 2.29. The Bertz CT molecular complexity index is 623. The summed E-state index contributed by atoms with van der Waals surface area (Å²) in [6.07, 6.45) is 2.53. The molecule has 0 spiro atoms. The van der Waals surface area contributed by atoms with Crippen LogP contribution < -0.4 is 0 Å². The first-order valence-corrected chi connectivity index (χ1v) is 8.25. The van der Waals surface area contributed by atoms with E-state index in [0.29, 0.717) is 0 Å². The summed E-state index contributed by atoms with van der Waals surface area (Å²) < 4.78 is 11.6. The van der Waals surface area contributed by atoms with Crippen LogP contribution in [-0.2, 0) is 17.6 Å². The van der Waals surface area contributed by atoms with Gasteiger partial charge in [0.15, 0.2) is 0 Å². The van der Waals surface area contributed by atoms with E-state index >= 15 is 0 Å². The first kappa shape index (κ1) is 14.0. The average molecular weight is 297 g/mol. The topological polar surface area (TPSA) is 25.6 Å². The Morgan fingerprint density at radius 1 is 1.09 bits per heavy atom. The number of hydrogen-bond acceptors (Lipinski definition) is 3. The normalized spacial score (nSPS) is 22.9. The molecule has 1 atom stereocenters. The molecule has 2 aliphatic rings. The molecule has 0 saturated carbocycles. The molecule has 3 heteroatoms. The van der Waals surface area contributed by atoms with Gasteiger partial charge in [-0.1, -0.05) is 24.3 Å². The van der Waals surface area contributed by atoms with Gasteiger partial charge in [0, 0.05) is 19.6 Å². The fourth-order valence-electron chi connectivity index (χ4n) is 3.81. The molecular weight excluding hydrogens is 274 g/mol. The van der Waals surface area contributed by atoms with Crippen LogP contribution in [0, 0.1) is 12.8 Å². The lowest BCUT2D eigenvalue weighted by Gasteiger charge is -2.33. The second-order valence-electron chi connectivity index (χ2n) is 6.61. The Hall–Kier alpha value is -1.58. The van der Waals surface area contributed by atoms with Crippen molar-refractivity contribution in [1.29, 1.82) is 0 Å². The minimum Gasteiger partial charge on any atom is -0.464 e. The average Bonchev–Trinajstić information content (AvgIpc) is 3.13. The van der Waals surface area contributed by atoms with Crippen LogP contribution in [0.15, 0.2) is 40.8 Å². The fourth-order valence-corrected chi connectivity index (χ4v) is 3.81. The highest BCUT2D eigenvalue weighted by atomic mass is 16.5. The molecule has 116 valence electrons. The van der Waals surface area contributed by atoms with Gasteiger partial charge in [0.25, 0.3) is 0 Å². The number of benzene rings is 1. The predicted octanol–water partition coefficient (Wildman–Crippen LogP) is 3.38. The number of fused-ring (bicyclic) bond motifs is 1. The van der Waals surface area contributed by atoms with Crippen LogP contribution in [0.25, 0.3) is 0 Å². The number of ether oxygens (including phenoxy) is 1. The van der Waals surface area contributed by atoms with Crippen LogP contribution in [0.4, 0.5) is 0 Å². The molecule has 4 rings (SSSR count). The van der Waals surface area contributed by atoms with Gasteiger partial charge in [-0.2, -0.15) is 0 Å². The van der Waals surface area contributed by atoms with Crippen LogP contribution in [0.1, 0.15) is 28.8 Å². The fraction of sp³-hybridized carbons (Fsp3) is 0.474. The van der Waals surface area contributed by atoms with Crippen molar-refractivity contribution in [2.45, 2.75) is 25.9 Å². The minimum absolute atomic E-state index is 0.0891. The lowest BCUT2D eigenvalue weighted by molar-refractivity contribution is -0.0440. The van der Waals surface area contributed by atoms with Gasteiger partial charge in [0.05, 0.1) is 6.61 Å². The Labute approximate surface area is 131 Å². The maximum absolute atomic E-state index is 5.90. The van der Waals surface area contributed by atoms with Crippen molar-refractivity contribution in [1.82, 2.24) is 4.90 Å². The van der Waals surface area contributed by atoms with Gasteiger partial charge in [-0.15, -0.1) is 0 Å². The van der Waals surface area contributed by atoms with Crippen molar-refractivity contribution in [3.8, 4) is 0 Å². The summed E-state index contributed by atoms with van der Waals surface area (Å²) in [4.78, 5) is 2.54. The van der Waals surface area contributed by atoms with Gasteiger partial charge in [-0.25, -0.2) is 0 Å². The summed E-state index contributed by atoms with van der Waals surface area (Å²) in [5.41, 5.74) is 3.08. The van der Waals surface area contributed by atoms with E-state index in [-0.39, 0.29) is 6.10 Å². The molecular formula is C19H23NO2. The number of morpholine rings is 1. The van der Waals surface area contributed by atoms with Gasteiger partial charge in [-0.05, 0) is 48.9 Å². The molecule has 1 aliphatic heterocycles. The van der Waals surface area contributed by atoms with Crippen LogP contribution >= 0.6 is 0 Å². The SMILES string of the molecule is Cc1ccc([C@H]2CN(CC3Cc4ccccc4C3)CCO2)o1. The standard InChI is InChI=1S/C19H23NO2/c1-14-6-7-18(22-14)19-13-20(8-9-21-19)12-15-10-16-4-2-3-5-17(16)11-15/h2-7,15,19H,8-13H2,1H3/t19-/m1/s1.